The molecule has 0 saturated heterocycles. The summed E-state index contributed by atoms with van der Waals surface area (Å²) in [6.07, 6.45) is 2.41. The summed E-state index contributed by atoms with van der Waals surface area (Å²) >= 11 is 0. The number of carbonyl (C=O) groups excluding carboxylic acids is 1. The second kappa shape index (κ2) is 7.17. The van der Waals surface area contributed by atoms with Crippen molar-refractivity contribution in [2.45, 2.75) is 52.1 Å². The second-order valence-corrected chi connectivity index (χ2v) is 4.94. The smallest absolute Gasteiger partial charge is 0.236 e. The van der Waals surface area contributed by atoms with Crippen molar-refractivity contribution in [3.8, 4) is 0 Å². The predicted molar refractivity (Wildman–Crippen MR) is 75.3 cm³/mol. The Bertz CT molecular complexity index is 371. The Labute approximate surface area is 110 Å². The summed E-state index contributed by atoms with van der Waals surface area (Å²) in [6.45, 7) is 6.68. The molecule has 3 N–H and O–H groups in total. The van der Waals surface area contributed by atoms with Crippen molar-refractivity contribution in [1.29, 1.82) is 0 Å². The average molecular weight is 248 g/mol. The van der Waals surface area contributed by atoms with E-state index in [1.807, 2.05) is 0 Å². The number of nitrogens with one attached hydrogen (secondary N) is 1. The van der Waals surface area contributed by atoms with Crippen LogP contribution in [0.4, 0.5) is 0 Å². The molecule has 1 aromatic carbocycles. The van der Waals surface area contributed by atoms with Crippen LogP contribution in [0.25, 0.3) is 0 Å². The van der Waals surface area contributed by atoms with E-state index in [4.69, 9.17) is 5.73 Å². The van der Waals surface area contributed by atoms with Crippen LogP contribution in [0, 0.1) is 0 Å². The van der Waals surface area contributed by atoms with Crippen LogP contribution in [0.15, 0.2) is 24.3 Å². The molecule has 18 heavy (non-hydrogen) atoms. The molecule has 0 aromatic heterocycles. The van der Waals surface area contributed by atoms with E-state index in [1.165, 1.54) is 18.4 Å². The van der Waals surface area contributed by atoms with Crippen molar-refractivity contribution in [1.82, 2.24) is 5.32 Å². The summed E-state index contributed by atoms with van der Waals surface area (Å²) in [5.74, 6) is 0.487. The molecule has 2 atom stereocenters. The van der Waals surface area contributed by atoms with Crippen LogP contribution in [-0.2, 0) is 11.3 Å². The molecule has 1 amide bonds. The van der Waals surface area contributed by atoms with E-state index < -0.39 is 6.04 Å². The molecule has 0 aliphatic carbocycles. The summed E-state index contributed by atoms with van der Waals surface area (Å²) in [5.41, 5.74) is 7.95. The van der Waals surface area contributed by atoms with Gasteiger partial charge in [-0.05, 0) is 30.4 Å². The van der Waals surface area contributed by atoms with Gasteiger partial charge >= 0.3 is 0 Å². The van der Waals surface area contributed by atoms with Crippen molar-refractivity contribution in [2.75, 3.05) is 0 Å². The van der Waals surface area contributed by atoms with Gasteiger partial charge in [-0.1, -0.05) is 44.5 Å². The Hall–Kier alpha value is -1.35. The molecule has 2 unspecified atom stereocenters. The Morgan fingerprint density at radius 3 is 2.39 bits per heavy atom. The molecule has 0 fully saturated rings. The standard InChI is InChI=1S/C15H24N2O/c1-4-5-11(2)14-8-6-13(7-9-14)10-17-15(18)12(3)16/h6-9,11-12H,4-5,10,16H2,1-3H3,(H,17,18). The third kappa shape index (κ3) is 4.49. The van der Waals surface area contributed by atoms with Gasteiger partial charge in [-0.3, -0.25) is 4.79 Å². The second-order valence-electron chi connectivity index (χ2n) is 4.94. The zero-order valence-corrected chi connectivity index (χ0v) is 11.6. The van der Waals surface area contributed by atoms with Gasteiger partial charge in [0, 0.05) is 6.54 Å². The minimum atomic E-state index is -0.450. The molecule has 0 saturated carbocycles. The summed E-state index contributed by atoms with van der Waals surface area (Å²) in [7, 11) is 0. The highest BCUT2D eigenvalue weighted by molar-refractivity contribution is 5.80. The van der Waals surface area contributed by atoms with Gasteiger partial charge in [-0.2, -0.15) is 0 Å². The lowest BCUT2D eigenvalue weighted by Crippen LogP contribution is -2.37. The normalized spacial score (nSPS) is 14.0. The minimum Gasteiger partial charge on any atom is -0.351 e. The first-order valence-electron chi connectivity index (χ1n) is 6.66. The molecule has 0 bridgehead atoms. The third-order valence-corrected chi connectivity index (χ3v) is 3.15. The van der Waals surface area contributed by atoms with Crippen LogP contribution in [0.1, 0.15) is 50.7 Å². The molecule has 0 aliphatic heterocycles. The van der Waals surface area contributed by atoms with Gasteiger partial charge in [0.2, 0.25) is 5.91 Å². The maximum absolute atomic E-state index is 11.3. The molecule has 1 aromatic rings. The van der Waals surface area contributed by atoms with Gasteiger partial charge < -0.3 is 11.1 Å². The fraction of sp³-hybridized carbons (Fsp3) is 0.533. The van der Waals surface area contributed by atoms with E-state index in [9.17, 15) is 4.79 Å². The first-order chi connectivity index (χ1) is 8.54. The highest BCUT2D eigenvalue weighted by Gasteiger charge is 2.07. The van der Waals surface area contributed by atoms with Crippen molar-refractivity contribution in [2.24, 2.45) is 5.73 Å². The monoisotopic (exact) mass is 248 g/mol. The van der Waals surface area contributed by atoms with Gasteiger partial charge in [0.1, 0.15) is 0 Å². The van der Waals surface area contributed by atoms with Gasteiger partial charge in [-0.15, -0.1) is 0 Å². The number of rotatable bonds is 6. The summed E-state index contributed by atoms with van der Waals surface area (Å²) < 4.78 is 0. The fourth-order valence-corrected chi connectivity index (χ4v) is 1.91. The molecule has 3 nitrogen and oxygen atoms in total. The fourth-order valence-electron chi connectivity index (χ4n) is 1.91. The Morgan fingerprint density at radius 1 is 1.28 bits per heavy atom. The zero-order valence-electron chi connectivity index (χ0n) is 11.6. The molecular formula is C15H24N2O. The summed E-state index contributed by atoms with van der Waals surface area (Å²) in [6, 6.07) is 7.99. The van der Waals surface area contributed by atoms with E-state index in [2.05, 4.69) is 43.4 Å². The molecular weight excluding hydrogens is 224 g/mol. The minimum absolute atomic E-state index is 0.113. The van der Waals surface area contributed by atoms with Crippen molar-refractivity contribution >= 4 is 5.91 Å². The van der Waals surface area contributed by atoms with Crippen LogP contribution in [0.5, 0.6) is 0 Å². The maximum Gasteiger partial charge on any atom is 0.236 e. The van der Waals surface area contributed by atoms with Gasteiger partial charge in [0.15, 0.2) is 0 Å². The molecule has 0 heterocycles. The Morgan fingerprint density at radius 2 is 1.89 bits per heavy atom. The molecule has 0 spiro atoms. The number of nitrogens with two attached hydrogens (primary N) is 1. The zero-order chi connectivity index (χ0) is 13.5. The average Bonchev–Trinajstić information content (AvgIpc) is 2.36. The van der Waals surface area contributed by atoms with Gasteiger partial charge in [0.05, 0.1) is 6.04 Å². The topological polar surface area (TPSA) is 55.1 Å². The van der Waals surface area contributed by atoms with Gasteiger partial charge in [-0.25, -0.2) is 0 Å². The molecule has 1 rings (SSSR count). The predicted octanol–water partition coefficient (Wildman–Crippen LogP) is 2.55. The number of amides is 1. The van der Waals surface area contributed by atoms with E-state index in [0.29, 0.717) is 12.5 Å². The quantitative estimate of drug-likeness (QED) is 0.813. The third-order valence-electron chi connectivity index (χ3n) is 3.15. The largest absolute Gasteiger partial charge is 0.351 e. The summed E-state index contributed by atoms with van der Waals surface area (Å²) in [5, 5.41) is 2.81. The van der Waals surface area contributed by atoms with E-state index in [1.54, 1.807) is 6.92 Å². The lowest BCUT2D eigenvalue weighted by molar-refractivity contribution is -0.122. The maximum atomic E-state index is 11.3. The molecule has 100 valence electrons. The lowest BCUT2D eigenvalue weighted by Gasteiger charge is -2.12. The summed E-state index contributed by atoms with van der Waals surface area (Å²) in [4.78, 5) is 11.3. The molecule has 0 aliphatic rings. The van der Waals surface area contributed by atoms with Crippen LogP contribution in [0.2, 0.25) is 0 Å². The number of hydrogen-bond acceptors (Lipinski definition) is 2. The van der Waals surface area contributed by atoms with E-state index >= 15 is 0 Å². The van der Waals surface area contributed by atoms with Crippen LogP contribution < -0.4 is 11.1 Å². The highest BCUT2D eigenvalue weighted by Crippen LogP contribution is 2.20. The van der Waals surface area contributed by atoms with Crippen LogP contribution >= 0.6 is 0 Å². The first-order valence-corrected chi connectivity index (χ1v) is 6.66. The highest BCUT2D eigenvalue weighted by atomic mass is 16.2. The molecule has 3 heteroatoms. The van der Waals surface area contributed by atoms with Crippen molar-refractivity contribution < 1.29 is 4.79 Å². The van der Waals surface area contributed by atoms with Crippen molar-refractivity contribution in [3.63, 3.8) is 0 Å². The Balaban J connectivity index is 2.52. The van der Waals surface area contributed by atoms with E-state index in [0.717, 1.165) is 5.56 Å². The number of hydrogen-bond donors (Lipinski definition) is 2. The Kier molecular flexibility index (Phi) is 5.86. The first kappa shape index (κ1) is 14.7. The lowest BCUT2D eigenvalue weighted by atomic mass is 9.96. The van der Waals surface area contributed by atoms with E-state index in [-0.39, 0.29) is 5.91 Å². The molecule has 0 radical (unpaired) electrons. The number of carbonyl (C=O) groups is 1. The van der Waals surface area contributed by atoms with Crippen molar-refractivity contribution in [3.05, 3.63) is 35.4 Å². The van der Waals surface area contributed by atoms with Gasteiger partial charge in [0.25, 0.3) is 0 Å². The van der Waals surface area contributed by atoms with Crippen LogP contribution in [0.3, 0.4) is 0 Å². The number of benzene rings is 1. The SMILES string of the molecule is CCCC(C)c1ccc(CNC(=O)C(C)N)cc1. The van der Waals surface area contributed by atoms with Crippen LogP contribution in [-0.4, -0.2) is 11.9 Å².